The van der Waals surface area contributed by atoms with Crippen molar-refractivity contribution in [2.75, 3.05) is 0 Å². The number of hydrogen-bond donors (Lipinski definition) is 0. The Labute approximate surface area is 134 Å². The Hall–Kier alpha value is -2.64. The SMILES string of the molecule is CCc1ccc2nc3c(c(C(F)(F)F)c2c1)c(=O)n(C)c(=O)n3C. The molecule has 3 aromatic rings. The van der Waals surface area contributed by atoms with E-state index in [0.717, 1.165) is 11.6 Å². The molecule has 0 unspecified atom stereocenters. The average Bonchev–Trinajstić information content (AvgIpc) is 2.54. The predicted octanol–water partition coefficient (Wildman–Crippen LogP) is 2.37. The summed E-state index contributed by atoms with van der Waals surface area (Å²) in [6, 6.07) is 4.56. The van der Waals surface area contributed by atoms with E-state index in [1.807, 2.05) is 6.92 Å². The Morgan fingerprint density at radius 2 is 1.79 bits per heavy atom. The first kappa shape index (κ1) is 16.2. The Morgan fingerprint density at radius 1 is 1.12 bits per heavy atom. The summed E-state index contributed by atoms with van der Waals surface area (Å²) in [7, 11) is 2.44. The number of aryl methyl sites for hydroxylation is 2. The zero-order chi connectivity index (χ0) is 17.8. The fraction of sp³-hybridized carbons (Fsp3) is 0.312. The molecule has 2 aromatic heterocycles. The Morgan fingerprint density at radius 3 is 2.38 bits per heavy atom. The van der Waals surface area contributed by atoms with E-state index in [1.165, 1.54) is 19.2 Å². The van der Waals surface area contributed by atoms with Gasteiger partial charge in [0, 0.05) is 19.5 Å². The zero-order valence-electron chi connectivity index (χ0n) is 13.2. The number of pyridine rings is 1. The minimum absolute atomic E-state index is 0.0929. The minimum Gasteiger partial charge on any atom is -0.280 e. The smallest absolute Gasteiger partial charge is 0.280 e. The van der Waals surface area contributed by atoms with Gasteiger partial charge >= 0.3 is 11.9 Å². The molecule has 0 aliphatic carbocycles. The molecule has 24 heavy (non-hydrogen) atoms. The number of alkyl halides is 3. The first-order valence-electron chi connectivity index (χ1n) is 7.26. The minimum atomic E-state index is -4.75. The molecule has 8 heteroatoms. The van der Waals surface area contributed by atoms with E-state index < -0.39 is 28.4 Å². The third kappa shape index (κ3) is 2.21. The van der Waals surface area contributed by atoms with Crippen LogP contribution in [0.3, 0.4) is 0 Å². The molecule has 0 bridgehead atoms. The van der Waals surface area contributed by atoms with Gasteiger partial charge in [0.1, 0.15) is 0 Å². The standard InChI is InChI=1S/C16H14F3N3O2/c1-4-8-5-6-10-9(7-8)12(16(17,18)19)11-13(20-10)21(2)15(24)22(3)14(11)23/h5-7H,4H2,1-3H3. The number of nitrogens with zero attached hydrogens (tertiary/aromatic N) is 3. The third-order valence-electron chi connectivity index (χ3n) is 4.13. The molecule has 0 radical (unpaired) electrons. The van der Waals surface area contributed by atoms with E-state index in [-0.39, 0.29) is 16.6 Å². The lowest BCUT2D eigenvalue weighted by Crippen LogP contribution is -2.38. The van der Waals surface area contributed by atoms with Crippen molar-refractivity contribution in [2.45, 2.75) is 19.5 Å². The van der Waals surface area contributed by atoms with Gasteiger partial charge in [0.2, 0.25) is 0 Å². The maximum Gasteiger partial charge on any atom is 0.417 e. The van der Waals surface area contributed by atoms with Crippen LogP contribution in [-0.2, 0) is 26.7 Å². The van der Waals surface area contributed by atoms with Crippen LogP contribution in [0.25, 0.3) is 21.9 Å². The van der Waals surface area contributed by atoms with Gasteiger partial charge in [-0.2, -0.15) is 13.2 Å². The summed E-state index contributed by atoms with van der Waals surface area (Å²) >= 11 is 0. The Bertz CT molecular complexity index is 1090. The molecule has 0 saturated carbocycles. The van der Waals surface area contributed by atoms with E-state index in [0.29, 0.717) is 16.6 Å². The third-order valence-corrected chi connectivity index (χ3v) is 4.13. The summed E-state index contributed by atoms with van der Waals surface area (Å²) in [6.07, 6.45) is -4.20. The van der Waals surface area contributed by atoms with Gasteiger partial charge < -0.3 is 0 Å². The van der Waals surface area contributed by atoms with Crippen molar-refractivity contribution in [1.29, 1.82) is 0 Å². The molecule has 0 fully saturated rings. The van der Waals surface area contributed by atoms with Crippen molar-refractivity contribution in [3.05, 3.63) is 50.2 Å². The van der Waals surface area contributed by atoms with Gasteiger partial charge in [-0.05, 0) is 24.1 Å². The van der Waals surface area contributed by atoms with Crippen LogP contribution in [0.1, 0.15) is 18.1 Å². The van der Waals surface area contributed by atoms with Crippen LogP contribution in [0, 0.1) is 0 Å². The summed E-state index contributed by atoms with van der Waals surface area (Å²) < 4.78 is 42.9. The quantitative estimate of drug-likeness (QED) is 0.641. The number of aromatic nitrogens is 3. The molecule has 0 atom stereocenters. The zero-order valence-corrected chi connectivity index (χ0v) is 13.2. The molecule has 5 nitrogen and oxygen atoms in total. The summed E-state index contributed by atoms with van der Waals surface area (Å²) in [5.74, 6) is 0. The largest absolute Gasteiger partial charge is 0.417 e. The van der Waals surface area contributed by atoms with Gasteiger partial charge in [-0.1, -0.05) is 13.0 Å². The average molecular weight is 337 g/mol. The van der Waals surface area contributed by atoms with Crippen LogP contribution in [-0.4, -0.2) is 14.1 Å². The maximum absolute atomic E-state index is 13.8. The predicted molar refractivity (Wildman–Crippen MR) is 84.1 cm³/mol. The summed E-state index contributed by atoms with van der Waals surface area (Å²) in [5.41, 5.74) is -2.25. The van der Waals surface area contributed by atoms with Gasteiger partial charge in [-0.25, -0.2) is 9.78 Å². The van der Waals surface area contributed by atoms with Crippen LogP contribution in [0.15, 0.2) is 27.8 Å². The number of benzene rings is 1. The van der Waals surface area contributed by atoms with E-state index in [4.69, 9.17) is 0 Å². The molecule has 0 amide bonds. The van der Waals surface area contributed by atoms with Crippen molar-refractivity contribution in [1.82, 2.24) is 14.1 Å². The van der Waals surface area contributed by atoms with E-state index >= 15 is 0 Å². The highest BCUT2D eigenvalue weighted by atomic mass is 19.4. The van der Waals surface area contributed by atoms with Crippen LogP contribution >= 0.6 is 0 Å². The molecular weight excluding hydrogens is 323 g/mol. The summed E-state index contributed by atoms with van der Waals surface area (Å²) in [6.45, 7) is 1.83. The van der Waals surface area contributed by atoms with E-state index in [2.05, 4.69) is 4.98 Å². The lowest BCUT2D eigenvalue weighted by atomic mass is 10.0. The first-order chi connectivity index (χ1) is 11.2. The fourth-order valence-electron chi connectivity index (χ4n) is 2.83. The molecule has 126 valence electrons. The molecular formula is C16H14F3N3O2. The second-order valence-corrected chi connectivity index (χ2v) is 5.59. The Kier molecular flexibility index (Phi) is 3.51. The van der Waals surface area contributed by atoms with Crippen molar-refractivity contribution in [2.24, 2.45) is 14.1 Å². The molecule has 0 aliphatic rings. The van der Waals surface area contributed by atoms with Crippen molar-refractivity contribution >= 4 is 21.9 Å². The van der Waals surface area contributed by atoms with Crippen molar-refractivity contribution in [3.63, 3.8) is 0 Å². The van der Waals surface area contributed by atoms with Gasteiger partial charge in [0.05, 0.1) is 16.5 Å². The lowest BCUT2D eigenvalue weighted by molar-refractivity contribution is -0.135. The molecule has 0 saturated heterocycles. The molecule has 0 N–H and O–H groups in total. The highest BCUT2D eigenvalue weighted by Gasteiger charge is 2.37. The fourth-order valence-corrected chi connectivity index (χ4v) is 2.83. The first-order valence-corrected chi connectivity index (χ1v) is 7.26. The molecule has 1 aromatic carbocycles. The van der Waals surface area contributed by atoms with Crippen molar-refractivity contribution < 1.29 is 13.2 Å². The Balaban J connectivity index is 2.72. The monoisotopic (exact) mass is 337 g/mol. The summed E-state index contributed by atoms with van der Waals surface area (Å²) in [4.78, 5) is 28.5. The second-order valence-electron chi connectivity index (χ2n) is 5.59. The number of halogens is 3. The van der Waals surface area contributed by atoms with Crippen LogP contribution in [0.5, 0.6) is 0 Å². The highest BCUT2D eigenvalue weighted by Crippen LogP contribution is 2.38. The molecule has 0 spiro atoms. The normalized spacial score (nSPS) is 12.2. The van der Waals surface area contributed by atoms with Gasteiger partial charge in [-0.15, -0.1) is 0 Å². The van der Waals surface area contributed by atoms with Crippen LogP contribution in [0.4, 0.5) is 13.2 Å². The van der Waals surface area contributed by atoms with E-state index in [1.54, 1.807) is 6.07 Å². The van der Waals surface area contributed by atoms with Gasteiger partial charge in [0.15, 0.2) is 5.65 Å². The number of rotatable bonds is 1. The van der Waals surface area contributed by atoms with E-state index in [9.17, 15) is 22.8 Å². The maximum atomic E-state index is 13.8. The highest BCUT2D eigenvalue weighted by molar-refractivity contribution is 5.96. The lowest BCUT2D eigenvalue weighted by Gasteiger charge is -2.16. The van der Waals surface area contributed by atoms with Crippen molar-refractivity contribution in [3.8, 4) is 0 Å². The van der Waals surface area contributed by atoms with Crippen LogP contribution in [0.2, 0.25) is 0 Å². The topological polar surface area (TPSA) is 56.9 Å². The molecule has 2 heterocycles. The number of fused-ring (bicyclic) bond motifs is 2. The van der Waals surface area contributed by atoms with Crippen LogP contribution < -0.4 is 11.2 Å². The molecule has 3 rings (SSSR count). The summed E-state index contributed by atoms with van der Waals surface area (Å²) in [5, 5.41) is -0.724. The van der Waals surface area contributed by atoms with Gasteiger partial charge in [-0.3, -0.25) is 13.9 Å². The number of hydrogen-bond acceptors (Lipinski definition) is 3. The van der Waals surface area contributed by atoms with Gasteiger partial charge in [0.25, 0.3) is 5.56 Å². The molecule has 0 aliphatic heterocycles. The second kappa shape index (κ2) is 5.19.